The second-order valence-corrected chi connectivity index (χ2v) is 5.79. The Morgan fingerprint density at radius 2 is 1.43 bits per heavy atom. The molecule has 0 spiro atoms. The second kappa shape index (κ2) is 7.79. The lowest BCUT2D eigenvalue weighted by atomic mass is 10.2. The molecule has 120 valence electrons. The van der Waals surface area contributed by atoms with E-state index in [1.165, 1.54) is 12.8 Å². The first-order chi connectivity index (χ1) is 11.3. The van der Waals surface area contributed by atoms with Crippen LogP contribution in [0.1, 0.15) is 12.8 Å². The van der Waals surface area contributed by atoms with Crippen LogP contribution < -0.4 is 10.2 Å². The van der Waals surface area contributed by atoms with Gasteiger partial charge in [0, 0.05) is 13.1 Å². The molecule has 3 rings (SSSR count). The summed E-state index contributed by atoms with van der Waals surface area (Å²) in [5.41, 5.74) is 1.75. The van der Waals surface area contributed by atoms with Crippen LogP contribution in [0.15, 0.2) is 60.7 Å². The molecule has 1 heterocycles. The number of likely N-dealkylation sites (tertiary alicyclic amines) is 1. The Morgan fingerprint density at radius 3 is 1.96 bits per heavy atom. The molecule has 4 heteroatoms. The van der Waals surface area contributed by atoms with Gasteiger partial charge >= 0.3 is 6.03 Å². The van der Waals surface area contributed by atoms with Gasteiger partial charge in [-0.25, -0.2) is 4.79 Å². The average Bonchev–Trinajstić information content (AvgIpc) is 3.10. The molecule has 0 saturated carbocycles. The number of carbonyl (C=O) groups excluding carboxylic acids is 1. The van der Waals surface area contributed by atoms with E-state index in [1.807, 2.05) is 60.7 Å². The Kier molecular flexibility index (Phi) is 5.27. The zero-order valence-electron chi connectivity index (χ0n) is 13.3. The maximum Gasteiger partial charge on any atom is 0.326 e. The van der Waals surface area contributed by atoms with E-state index in [0.717, 1.165) is 31.0 Å². The SMILES string of the molecule is O=C(NCCN1CCCC1)N(c1ccccc1)c1ccccc1. The van der Waals surface area contributed by atoms with Gasteiger partial charge in [-0.2, -0.15) is 0 Å². The quantitative estimate of drug-likeness (QED) is 0.915. The van der Waals surface area contributed by atoms with Crippen molar-refractivity contribution in [2.45, 2.75) is 12.8 Å². The smallest absolute Gasteiger partial charge is 0.326 e. The van der Waals surface area contributed by atoms with E-state index in [4.69, 9.17) is 0 Å². The van der Waals surface area contributed by atoms with Crippen LogP contribution in [-0.4, -0.2) is 37.1 Å². The molecule has 23 heavy (non-hydrogen) atoms. The van der Waals surface area contributed by atoms with Crippen LogP contribution in [0.25, 0.3) is 0 Å². The zero-order chi connectivity index (χ0) is 15.9. The Hall–Kier alpha value is -2.33. The fourth-order valence-corrected chi connectivity index (χ4v) is 2.94. The number of urea groups is 1. The molecule has 0 bridgehead atoms. The van der Waals surface area contributed by atoms with Crippen molar-refractivity contribution >= 4 is 17.4 Å². The van der Waals surface area contributed by atoms with Crippen molar-refractivity contribution in [3.05, 3.63) is 60.7 Å². The van der Waals surface area contributed by atoms with Gasteiger partial charge in [0.05, 0.1) is 11.4 Å². The van der Waals surface area contributed by atoms with Crippen molar-refractivity contribution in [3.8, 4) is 0 Å². The molecule has 0 unspecified atom stereocenters. The number of hydrogen-bond acceptors (Lipinski definition) is 2. The number of amides is 2. The van der Waals surface area contributed by atoms with Crippen LogP contribution in [0.2, 0.25) is 0 Å². The van der Waals surface area contributed by atoms with Crippen molar-refractivity contribution < 1.29 is 4.79 Å². The van der Waals surface area contributed by atoms with Gasteiger partial charge in [0.1, 0.15) is 0 Å². The van der Waals surface area contributed by atoms with Crippen LogP contribution in [0.3, 0.4) is 0 Å². The van der Waals surface area contributed by atoms with Gasteiger partial charge in [-0.05, 0) is 50.2 Å². The Bertz CT molecular complexity index is 570. The summed E-state index contributed by atoms with van der Waals surface area (Å²) in [6.07, 6.45) is 2.54. The summed E-state index contributed by atoms with van der Waals surface area (Å²) in [5.74, 6) is 0. The normalized spacial score (nSPS) is 14.6. The van der Waals surface area contributed by atoms with Crippen LogP contribution >= 0.6 is 0 Å². The maximum absolute atomic E-state index is 12.7. The summed E-state index contributed by atoms with van der Waals surface area (Å²) in [6, 6.07) is 19.4. The molecule has 0 aliphatic carbocycles. The van der Waals surface area contributed by atoms with Gasteiger partial charge in [0.2, 0.25) is 0 Å². The summed E-state index contributed by atoms with van der Waals surface area (Å²) in [4.78, 5) is 16.8. The Morgan fingerprint density at radius 1 is 0.913 bits per heavy atom. The number of benzene rings is 2. The lowest BCUT2D eigenvalue weighted by molar-refractivity contribution is 0.246. The van der Waals surface area contributed by atoms with E-state index in [0.29, 0.717) is 6.54 Å². The van der Waals surface area contributed by atoms with Crippen LogP contribution in [0, 0.1) is 0 Å². The van der Waals surface area contributed by atoms with Crippen molar-refractivity contribution in [2.75, 3.05) is 31.1 Å². The van der Waals surface area contributed by atoms with Gasteiger partial charge < -0.3 is 10.2 Å². The second-order valence-electron chi connectivity index (χ2n) is 5.79. The minimum atomic E-state index is -0.0819. The predicted molar refractivity (Wildman–Crippen MR) is 94.1 cm³/mol. The van der Waals surface area contributed by atoms with E-state index in [9.17, 15) is 4.79 Å². The predicted octanol–water partition coefficient (Wildman–Crippen LogP) is 3.63. The summed E-state index contributed by atoms with van der Waals surface area (Å²) in [5, 5.41) is 3.05. The first-order valence-corrected chi connectivity index (χ1v) is 8.25. The lowest BCUT2D eigenvalue weighted by Crippen LogP contribution is -2.40. The third kappa shape index (κ3) is 4.11. The first-order valence-electron chi connectivity index (χ1n) is 8.25. The first kappa shape index (κ1) is 15.6. The maximum atomic E-state index is 12.7. The fourth-order valence-electron chi connectivity index (χ4n) is 2.94. The van der Waals surface area contributed by atoms with E-state index in [1.54, 1.807) is 4.90 Å². The van der Waals surface area contributed by atoms with E-state index >= 15 is 0 Å². The van der Waals surface area contributed by atoms with Crippen molar-refractivity contribution in [1.29, 1.82) is 0 Å². The zero-order valence-corrected chi connectivity index (χ0v) is 13.3. The molecule has 1 N–H and O–H groups in total. The highest BCUT2D eigenvalue weighted by molar-refractivity contribution is 5.99. The van der Waals surface area contributed by atoms with E-state index in [-0.39, 0.29) is 6.03 Å². The summed E-state index contributed by atoms with van der Waals surface area (Å²) < 4.78 is 0. The molecular weight excluding hydrogens is 286 g/mol. The number of carbonyl (C=O) groups is 1. The van der Waals surface area contributed by atoms with Gasteiger partial charge in [-0.15, -0.1) is 0 Å². The summed E-state index contributed by atoms with van der Waals surface area (Å²) in [7, 11) is 0. The van der Waals surface area contributed by atoms with Crippen LogP contribution in [0.5, 0.6) is 0 Å². The lowest BCUT2D eigenvalue weighted by Gasteiger charge is -2.24. The molecule has 0 atom stereocenters. The monoisotopic (exact) mass is 309 g/mol. The molecule has 1 aliphatic heterocycles. The molecule has 0 aromatic heterocycles. The Labute approximate surface area is 137 Å². The minimum Gasteiger partial charge on any atom is -0.336 e. The fraction of sp³-hybridized carbons (Fsp3) is 0.316. The summed E-state index contributed by atoms with van der Waals surface area (Å²) in [6.45, 7) is 3.89. The minimum absolute atomic E-state index is 0.0819. The van der Waals surface area contributed by atoms with Crippen molar-refractivity contribution in [2.24, 2.45) is 0 Å². The standard InChI is InChI=1S/C19H23N3O/c23-19(20-13-16-21-14-7-8-15-21)22(17-9-3-1-4-10-17)18-11-5-2-6-12-18/h1-6,9-12H,7-8,13-16H2,(H,20,23). The molecule has 1 saturated heterocycles. The number of nitrogens with zero attached hydrogens (tertiary/aromatic N) is 2. The third-order valence-corrected chi connectivity index (χ3v) is 4.13. The van der Waals surface area contributed by atoms with Crippen molar-refractivity contribution in [3.63, 3.8) is 0 Å². The highest BCUT2D eigenvalue weighted by atomic mass is 16.2. The van der Waals surface area contributed by atoms with Gasteiger partial charge in [0.15, 0.2) is 0 Å². The van der Waals surface area contributed by atoms with Gasteiger partial charge in [-0.1, -0.05) is 36.4 Å². The van der Waals surface area contributed by atoms with Crippen molar-refractivity contribution in [1.82, 2.24) is 10.2 Å². The molecule has 0 radical (unpaired) electrons. The number of rotatable bonds is 5. The van der Waals surface area contributed by atoms with E-state index in [2.05, 4.69) is 10.2 Å². The highest BCUT2D eigenvalue weighted by Crippen LogP contribution is 2.24. The van der Waals surface area contributed by atoms with Gasteiger partial charge in [-0.3, -0.25) is 4.90 Å². The molecule has 2 amide bonds. The highest BCUT2D eigenvalue weighted by Gasteiger charge is 2.18. The molecular formula is C19H23N3O. The number of anilines is 2. The largest absolute Gasteiger partial charge is 0.336 e. The number of hydrogen-bond donors (Lipinski definition) is 1. The molecule has 1 fully saturated rings. The Balaban J connectivity index is 1.69. The van der Waals surface area contributed by atoms with Crippen LogP contribution in [0.4, 0.5) is 16.2 Å². The summed E-state index contributed by atoms with van der Waals surface area (Å²) >= 11 is 0. The number of para-hydroxylation sites is 2. The average molecular weight is 309 g/mol. The third-order valence-electron chi connectivity index (χ3n) is 4.13. The molecule has 2 aromatic rings. The van der Waals surface area contributed by atoms with Gasteiger partial charge in [0.25, 0.3) is 0 Å². The number of nitrogens with one attached hydrogen (secondary N) is 1. The van der Waals surface area contributed by atoms with Crippen LogP contribution in [-0.2, 0) is 0 Å². The molecule has 2 aromatic carbocycles. The molecule has 4 nitrogen and oxygen atoms in total. The van der Waals surface area contributed by atoms with E-state index < -0.39 is 0 Å². The molecule has 1 aliphatic rings. The topological polar surface area (TPSA) is 35.6 Å².